The molecule has 0 aromatic heterocycles. The van der Waals surface area contributed by atoms with Crippen molar-refractivity contribution in [3.05, 3.63) is 29.8 Å². The molecule has 1 aliphatic rings. The molecule has 0 aliphatic carbocycles. The van der Waals surface area contributed by atoms with E-state index in [4.69, 9.17) is 4.74 Å². The van der Waals surface area contributed by atoms with Gasteiger partial charge in [-0.25, -0.2) is 0 Å². The lowest BCUT2D eigenvalue weighted by atomic mass is 10.1. The Morgan fingerprint density at radius 1 is 1.26 bits per heavy atom. The van der Waals surface area contributed by atoms with E-state index in [2.05, 4.69) is 0 Å². The number of para-hydroxylation sites is 1. The molecule has 1 aromatic carbocycles. The number of benzene rings is 1. The van der Waals surface area contributed by atoms with Gasteiger partial charge in [-0.05, 0) is 25.5 Å². The van der Waals surface area contributed by atoms with Gasteiger partial charge in [0.2, 0.25) is 0 Å². The van der Waals surface area contributed by atoms with Gasteiger partial charge in [-0.15, -0.1) is 0 Å². The first kappa shape index (κ1) is 13.6. The predicted molar refractivity (Wildman–Crippen MR) is 72.1 cm³/mol. The van der Waals surface area contributed by atoms with Crippen LogP contribution in [0.2, 0.25) is 0 Å². The van der Waals surface area contributed by atoms with Crippen LogP contribution in [-0.2, 0) is 9.59 Å². The number of hydrogen-bond acceptors (Lipinski definition) is 3. The number of ether oxygens (including phenoxy) is 1. The lowest BCUT2D eigenvalue weighted by Crippen LogP contribution is -2.44. The van der Waals surface area contributed by atoms with E-state index in [1.54, 1.807) is 11.8 Å². The molecular formula is C15H19NO3. The van der Waals surface area contributed by atoms with E-state index in [0.29, 0.717) is 25.9 Å². The topological polar surface area (TPSA) is 46.6 Å². The number of carbonyl (C=O) groups is 2. The van der Waals surface area contributed by atoms with Gasteiger partial charge in [0.05, 0.1) is 0 Å². The van der Waals surface area contributed by atoms with Crippen LogP contribution in [0.3, 0.4) is 0 Å². The first-order valence-electron chi connectivity index (χ1n) is 6.60. The minimum absolute atomic E-state index is 0.0456. The molecule has 1 amide bonds. The molecule has 0 radical (unpaired) electrons. The predicted octanol–water partition coefficient (Wildman–Crippen LogP) is 1.95. The summed E-state index contributed by atoms with van der Waals surface area (Å²) in [6, 6.07) is 7.63. The second kappa shape index (κ2) is 5.87. The third-order valence-corrected chi connectivity index (χ3v) is 3.38. The number of Topliss-reactive ketones (excluding diaryl/α,β-unsaturated/α-hetero) is 1. The SMILES string of the molecule is Cc1ccccc1OC(C)C(=O)N1CCC(=O)CC1. The lowest BCUT2D eigenvalue weighted by Gasteiger charge is -2.28. The minimum Gasteiger partial charge on any atom is -0.481 e. The average molecular weight is 261 g/mol. The summed E-state index contributed by atoms with van der Waals surface area (Å²) in [4.78, 5) is 25.1. The zero-order chi connectivity index (χ0) is 13.8. The smallest absolute Gasteiger partial charge is 0.263 e. The number of ketones is 1. The van der Waals surface area contributed by atoms with Gasteiger partial charge in [0.15, 0.2) is 6.10 Å². The molecule has 0 N–H and O–H groups in total. The fourth-order valence-corrected chi connectivity index (χ4v) is 2.16. The zero-order valence-electron chi connectivity index (χ0n) is 11.4. The molecule has 1 aromatic rings. The van der Waals surface area contributed by atoms with Crippen LogP contribution in [0.1, 0.15) is 25.3 Å². The summed E-state index contributed by atoms with van der Waals surface area (Å²) in [7, 11) is 0. The van der Waals surface area contributed by atoms with Gasteiger partial charge < -0.3 is 9.64 Å². The van der Waals surface area contributed by atoms with Crippen molar-refractivity contribution in [2.45, 2.75) is 32.8 Å². The summed E-state index contributed by atoms with van der Waals surface area (Å²) in [5.74, 6) is 0.920. The summed E-state index contributed by atoms with van der Waals surface area (Å²) in [5.41, 5.74) is 1.01. The molecule has 1 aliphatic heterocycles. The van der Waals surface area contributed by atoms with Crippen molar-refractivity contribution in [1.82, 2.24) is 4.90 Å². The molecule has 1 fully saturated rings. The molecule has 1 saturated heterocycles. The van der Waals surface area contributed by atoms with Crippen LogP contribution in [0.25, 0.3) is 0 Å². The van der Waals surface area contributed by atoms with Crippen LogP contribution in [0.5, 0.6) is 5.75 Å². The number of piperidine rings is 1. The number of hydrogen-bond donors (Lipinski definition) is 0. The minimum atomic E-state index is -0.519. The summed E-state index contributed by atoms with van der Waals surface area (Å²) in [6.07, 6.45) is 0.403. The Balaban J connectivity index is 1.96. The van der Waals surface area contributed by atoms with Crippen molar-refractivity contribution in [2.75, 3.05) is 13.1 Å². The van der Waals surface area contributed by atoms with Crippen LogP contribution in [0.4, 0.5) is 0 Å². The van der Waals surface area contributed by atoms with Crippen molar-refractivity contribution in [3.8, 4) is 5.75 Å². The molecule has 1 heterocycles. The van der Waals surface area contributed by atoms with E-state index < -0.39 is 6.10 Å². The zero-order valence-corrected chi connectivity index (χ0v) is 11.4. The van der Waals surface area contributed by atoms with E-state index in [1.165, 1.54) is 0 Å². The number of rotatable bonds is 3. The Morgan fingerprint density at radius 3 is 2.53 bits per heavy atom. The highest BCUT2D eigenvalue weighted by molar-refractivity contribution is 5.85. The quantitative estimate of drug-likeness (QED) is 0.835. The standard InChI is InChI=1S/C15H19NO3/c1-11-5-3-4-6-14(11)19-12(2)15(18)16-9-7-13(17)8-10-16/h3-6,12H,7-10H2,1-2H3. The Hall–Kier alpha value is -1.84. The Morgan fingerprint density at radius 2 is 1.89 bits per heavy atom. The van der Waals surface area contributed by atoms with Crippen LogP contribution in [-0.4, -0.2) is 35.8 Å². The van der Waals surface area contributed by atoms with Crippen LogP contribution in [0.15, 0.2) is 24.3 Å². The molecule has 0 saturated carbocycles. The van der Waals surface area contributed by atoms with E-state index >= 15 is 0 Å². The fourth-order valence-electron chi connectivity index (χ4n) is 2.16. The van der Waals surface area contributed by atoms with E-state index in [-0.39, 0.29) is 11.7 Å². The monoisotopic (exact) mass is 261 g/mol. The lowest BCUT2D eigenvalue weighted by molar-refractivity contribution is -0.140. The molecule has 19 heavy (non-hydrogen) atoms. The second-order valence-electron chi connectivity index (χ2n) is 4.89. The summed E-state index contributed by atoms with van der Waals surface area (Å²) < 4.78 is 5.71. The average Bonchev–Trinajstić information content (AvgIpc) is 2.41. The van der Waals surface area contributed by atoms with Crippen molar-refractivity contribution in [1.29, 1.82) is 0 Å². The normalized spacial score (nSPS) is 17.2. The number of amides is 1. The number of nitrogens with zero attached hydrogens (tertiary/aromatic N) is 1. The van der Waals surface area contributed by atoms with Gasteiger partial charge in [0.1, 0.15) is 11.5 Å². The van der Waals surface area contributed by atoms with E-state index in [0.717, 1.165) is 11.3 Å². The van der Waals surface area contributed by atoms with Gasteiger partial charge in [-0.2, -0.15) is 0 Å². The molecule has 4 nitrogen and oxygen atoms in total. The van der Waals surface area contributed by atoms with Crippen LogP contribution < -0.4 is 4.74 Å². The summed E-state index contributed by atoms with van der Waals surface area (Å²) in [6.45, 7) is 4.73. The highest BCUT2D eigenvalue weighted by Crippen LogP contribution is 2.19. The molecule has 4 heteroatoms. The van der Waals surface area contributed by atoms with Gasteiger partial charge in [-0.1, -0.05) is 18.2 Å². The Labute approximate surface area is 113 Å². The highest BCUT2D eigenvalue weighted by Gasteiger charge is 2.26. The van der Waals surface area contributed by atoms with Crippen molar-refractivity contribution in [3.63, 3.8) is 0 Å². The Kier molecular flexibility index (Phi) is 4.20. The maximum Gasteiger partial charge on any atom is 0.263 e. The van der Waals surface area contributed by atoms with Crippen LogP contribution in [0, 0.1) is 6.92 Å². The van der Waals surface area contributed by atoms with Crippen molar-refractivity contribution in [2.24, 2.45) is 0 Å². The fraction of sp³-hybridized carbons (Fsp3) is 0.467. The maximum absolute atomic E-state index is 12.2. The number of aryl methyl sites for hydroxylation is 1. The number of carbonyl (C=O) groups excluding carboxylic acids is 2. The van der Waals surface area contributed by atoms with E-state index in [1.807, 2.05) is 31.2 Å². The molecule has 2 rings (SSSR count). The molecule has 0 bridgehead atoms. The largest absolute Gasteiger partial charge is 0.481 e. The summed E-state index contributed by atoms with van der Waals surface area (Å²) in [5, 5.41) is 0. The molecule has 0 spiro atoms. The van der Waals surface area contributed by atoms with Gasteiger partial charge >= 0.3 is 0 Å². The molecule has 1 unspecified atom stereocenters. The van der Waals surface area contributed by atoms with Crippen molar-refractivity contribution >= 4 is 11.7 Å². The third-order valence-electron chi connectivity index (χ3n) is 3.38. The number of likely N-dealkylation sites (tertiary alicyclic amines) is 1. The molecular weight excluding hydrogens is 242 g/mol. The Bertz CT molecular complexity index is 474. The van der Waals surface area contributed by atoms with Gasteiger partial charge in [0.25, 0.3) is 5.91 Å². The van der Waals surface area contributed by atoms with Crippen LogP contribution >= 0.6 is 0 Å². The molecule has 1 atom stereocenters. The second-order valence-corrected chi connectivity index (χ2v) is 4.89. The van der Waals surface area contributed by atoms with Gasteiger partial charge in [0, 0.05) is 25.9 Å². The first-order valence-corrected chi connectivity index (χ1v) is 6.60. The maximum atomic E-state index is 12.2. The van der Waals surface area contributed by atoms with Gasteiger partial charge in [-0.3, -0.25) is 9.59 Å². The van der Waals surface area contributed by atoms with E-state index in [9.17, 15) is 9.59 Å². The highest BCUT2D eigenvalue weighted by atomic mass is 16.5. The van der Waals surface area contributed by atoms with Crippen molar-refractivity contribution < 1.29 is 14.3 Å². The third kappa shape index (κ3) is 3.34. The summed E-state index contributed by atoms with van der Waals surface area (Å²) >= 11 is 0. The first-order chi connectivity index (χ1) is 9.08. The molecule has 102 valence electrons.